The normalized spacial score (nSPS) is 11.2. The summed E-state index contributed by atoms with van der Waals surface area (Å²) in [6.07, 6.45) is 1.54. The highest BCUT2D eigenvalue weighted by molar-refractivity contribution is 5.87. The second-order valence-electron chi connectivity index (χ2n) is 5.90. The molecule has 0 saturated carbocycles. The molecule has 0 aliphatic heterocycles. The number of carbonyl (C=O) groups excluding carboxylic acids is 1. The van der Waals surface area contributed by atoms with Gasteiger partial charge in [-0.25, -0.2) is 0 Å². The molecule has 0 saturated heterocycles. The number of carbonyl (C=O) groups is 2. The van der Waals surface area contributed by atoms with Crippen LogP contribution in [0.3, 0.4) is 0 Å². The van der Waals surface area contributed by atoms with Crippen molar-refractivity contribution >= 4 is 11.9 Å². The van der Waals surface area contributed by atoms with E-state index in [2.05, 4.69) is 19.1 Å². The van der Waals surface area contributed by atoms with Crippen molar-refractivity contribution in [2.75, 3.05) is 13.6 Å². The van der Waals surface area contributed by atoms with Crippen molar-refractivity contribution < 1.29 is 14.7 Å². The average Bonchev–Trinajstić information content (AvgIpc) is 2.45. The van der Waals surface area contributed by atoms with E-state index < -0.39 is 11.4 Å². The number of carboxylic acid groups (broad SMARTS) is 1. The second kappa shape index (κ2) is 7.25. The number of nitrogens with zero attached hydrogens (tertiary/aromatic N) is 1. The molecular weight excluding hydrogens is 266 g/mol. The molecule has 0 spiro atoms. The Labute approximate surface area is 126 Å². The Hall–Kier alpha value is -1.84. The van der Waals surface area contributed by atoms with Gasteiger partial charge in [0.2, 0.25) is 5.91 Å². The van der Waals surface area contributed by atoms with E-state index in [-0.39, 0.29) is 12.3 Å². The smallest absolute Gasteiger partial charge is 0.303 e. The maximum Gasteiger partial charge on any atom is 0.303 e. The highest BCUT2D eigenvalue weighted by Crippen LogP contribution is 2.26. The third-order valence-electron chi connectivity index (χ3n) is 3.85. The van der Waals surface area contributed by atoms with Crippen LogP contribution in [0.4, 0.5) is 0 Å². The van der Waals surface area contributed by atoms with Crippen molar-refractivity contribution in [2.45, 2.75) is 45.4 Å². The molecule has 0 fully saturated rings. The highest BCUT2D eigenvalue weighted by Gasteiger charge is 2.32. The van der Waals surface area contributed by atoms with Crippen LogP contribution in [0.2, 0.25) is 0 Å². The summed E-state index contributed by atoms with van der Waals surface area (Å²) in [7, 11) is 1.73. The van der Waals surface area contributed by atoms with Gasteiger partial charge in [0, 0.05) is 20.0 Å². The van der Waals surface area contributed by atoms with Crippen molar-refractivity contribution in [3.05, 3.63) is 35.4 Å². The first kappa shape index (κ1) is 17.2. The molecule has 1 rings (SSSR count). The van der Waals surface area contributed by atoms with Gasteiger partial charge in [0.15, 0.2) is 0 Å². The van der Waals surface area contributed by atoms with Gasteiger partial charge in [-0.3, -0.25) is 9.59 Å². The third kappa shape index (κ3) is 4.59. The van der Waals surface area contributed by atoms with Gasteiger partial charge in [0.05, 0.1) is 5.41 Å². The first-order chi connectivity index (χ1) is 9.78. The minimum Gasteiger partial charge on any atom is -0.481 e. The average molecular weight is 291 g/mol. The number of hydrogen-bond donors (Lipinski definition) is 1. The first-order valence-electron chi connectivity index (χ1n) is 7.35. The number of hydrogen-bond acceptors (Lipinski definition) is 2. The summed E-state index contributed by atoms with van der Waals surface area (Å²) in [5, 5.41) is 8.65. The van der Waals surface area contributed by atoms with Crippen LogP contribution in [-0.4, -0.2) is 35.5 Å². The van der Waals surface area contributed by atoms with Gasteiger partial charge >= 0.3 is 5.97 Å². The molecule has 0 aromatic heterocycles. The van der Waals surface area contributed by atoms with Crippen LogP contribution in [0, 0.1) is 0 Å². The summed E-state index contributed by atoms with van der Waals surface area (Å²) < 4.78 is 0. The fourth-order valence-corrected chi connectivity index (χ4v) is 2.33. The summed E-state index contributed by atoms with van der Waals surface area (Å²) in [6.45, 7) is 6.37. The number of benzene rings is 1. The lowest BCUT2D eigenvalue weighted by molar-refractivity contribution is -0.139. The maximum absolute atomic E-state index is 12.6. The monoisotopic (exact) mass is 291 g/mol. The van der Waals surface area contributed by atoms with Gasteiger partial charge < -0.3 is 10.0 Å². The van der Waals surface area contributed by atoms with Crippen LogP contribution in [-0.2, 0) is 21.4 Å². The molecule has 0 aliphatic carbocycles. The Balaban J connectivity index is 2.74. The Morgan fingerprint density at radius 2 is 1.76 bits per heavy atom. The molecule has 1 amide bonds. The topological polar surface area (TPSA) is 57.6 Å². The van der Waals surface area contributed by atoms with Crippen molar-refractivity contribution in [2.24, 2.45) is 0 Å². The van der Waals surface area contributed by atoms with Gasteiger partial charge in [-0.2, -0.15) is 0 Å². The minimum absolute atomic E-state index is 0.0112. The lowest BCUT2D eigenvalue weighted by Gasteiger charge is -2.30. The van der Waals surface area contributed by atoms with Gasteiger partial charge in [-0.1, -0.05) is 31.2 Å². The molecule has 0 heterocycles. The fraction of sp³-hybridized carbons (Fsp3) is 0.529. The van der Waals surface area contributed by atoms with E-state index in [0.717, 1.165) is 12.0 Å². The van der Waals surface area contributed by atoms with Crippen molar-refractivity contribution in [1.29, 1.82) is 0 Å². The molecule has 4 heteroatoms. The predicted molar refractivity (Wildman–Crippen MR) is 83.4 cm³/mol. The van der Waals surface area contributed by atoms with Crippen LogP contribution in [0.5, 0.6) is 0 Å². The highest BCUT2D eigenvalue weighted by atomic mass is 16.4. The zero-order valence-corrected chi connectivity index (χ0v) is 13.3. The van der Waals surface area contributed by atoms with E-state index in [0.29, 0.717) is 13.0 Å². The Morgan fingerprint density at radius 1 is 1.19 bits per heavy atom. The number of aryl methyl sites for hydroxylation is 1. The van der Waals surface area contributed by atoms with Gasteiger partial charge in [-0.05, 0) is 37.8 Å². The van der Waals surface area contributed by atoms with Crippen molar-refractivity contribution in [1.82, 2.24) is 4.90 Å². The zero-order chi connectivity index (χ0) is 16.0. The second-order valence-corrected chi connectivity index (χ2v) is 5.90. The third-order valence-corrected chi connectivity index (χ3v) is 3.85. The number of carboxylic acids is 1. The SMILES string of the molecule is CCc1ccc(C(C)(C)C(=O)N(C)CCCC(=O)O)cc1. The van der Waals surface area contributed by atoms with Gasteiger partial charge in [-0.15, -0.1) is 0 Å². The number of amides is 1. The summed E-state index contributed by atoms with van der Waals surface area (Å²) in [5.74, 6) is -0.817. The molecule has 0 atom stereocenters. The molecule has 1 aromatic rings. The molecule has 1 aromatic carbocycles. The van der Waals surface area contributed by atoms with E-state index in [4.69, 9.17) is 5.11 Å². The standard InChI is InChI=1S/C17H25NO3/c1-5-13-8-10-14(11-9-13)17(2,3)16(21)18(4)12-6-7-15(19)20/h8-11H,5-7,12H2,1-4H3,(H,19,20). The number of likely N-dealkylation sites (N-methyl/N-ethyl adjacent to an activating group) is 1. The summed E-state index contributed by atoms with van der Waals surface area (Å²) in [5.41, 5.74) is 1.62. The maximum atomic E-state index is 12.6. The molecule has 0 aliphatic rings. The molecule has 1 N–H and O–H groups in total. The molecule has 0 unspecified atom stereocenters. The molecule has 4 nitrogen and oxygen atoms in total. The molecule has 0 radical (unpaired) electrons. The van der Waals surface area contributed by atoms with E-state index >= 15 is 0 Å². The van der Waals surface area contributed by atoms with Crippen LogP contribution in [0.1, 0.15) is 44.7 Å². The Bertz CT molecular complexity index is 491. The van der Waals surface area contributed by atoms with Gasteiger partial charge in [0.25, 0.3) is 0 Å². The van der Waals surface area contributed by atoms with E-state index in [1.54, 1.807) is 11.9 Å². The summed E-state index contributed by atoms with van der Waals surface area (Å²) in [6, 6.07) is 8.10. The fourth-order valence-electron chi connectivity index (χ4n) is 2.33. The van der Waals surface area contributed by atoms with Crippen LogP contribution in [0.15, 0.2) is 24.3 Å². The molecule has 0 bridgehead atoms. The van der Waals surface area contributed by atoms with E-state index in [1.807, 2.05) is 26.0 Å². The van der Waals surface area contributed by atoms with Crippen LogP contribution < -0.4 is 0 Å². The first-order valence-corrected chi connectivity index (χ1v) is 7.35. The van der Waals surface area contributed by atoms with Crippen molar-refractivity contribution in [3.8, 4) is 0 Å². The largest absolute Gasteiger partial charge is 0.481 e. The lowest BCUT2D eigenvalue weighted by Crippen LogP contribution is -2.41. The van der Waals surface area contributed by atoms with Gasteiger partial charge in [0.1, 0.15) is 0 Å². The zero-order valence-electron chi connectivity index (χ0n) is 13.3. The van der Waals surface area contributed by atoms with E-state index in [1.165, 1.54) is 5.56 Å². The lowest BCUT2D eigenvalue weighted by atomic mass is 9.82. The quantitative estimate of drug-likeness (QED) is 0.840. The molecule has 116 valence electrons. The minimum atomic E-state index is -0.828. The molecular formula is C17H25NO3. The Kier molecular flexibility index (Phi) is 5.94. The predicted octanol–water partition coefficient (Wildman–Crippen LogP) is 2.85. The van der Waals surface area contributed by atoms with Crippen molar-refractivity contribution in [3.63, 3.8) is 0 Å². The summed E-state index contributed by atoms with van der Waals surface area (Å²) in [4.78, 5) is 24.7. The summed E-state index contributed by atoms with van der Waals surface area (Å²) >= 11 is 0. The van der Waals surface area contributed by atoms with Crippen LogP contribution >= 0.6 is 0 Å². The van der Waals surface area contributed by atoms with Crippen LogP contribution in [0.25, 0.3) is 0 Å². The number of aliphatic carboxylic acids is 1. The number of rotatable bonds is 7. The molecule has 21 heavy (non-hydrogen) atoms. The Morgan fingerprint density at radius 3 is 2.24 bits per heavy atom. The van der Waals surface area contributed by atoms with E-state index in [9.17, 15) is 9.59 Å².